The van der Waals surface area contributed by atoms with Gasteiger partial charge in [-0.05, 0) is 12.3 Å². The van der Waals surface area contributed by atoms with Crippen molar-refractivity contribution in [2.24, 2.45) is 5.92 Å². The van der Waals surface area contributed by atoms with Crippen LogP contribution in [-0.4, -0.2) is 5.78 Å². The molecule has 0 N–H and O–H groups in total. The first kappa shape index (κ1) is 12.7. The van der Waals surface area contributed by atoms with Crippen molar-refractivity contribution in [2.75, 3.05) is 0 Å². The van der Waals surface area contributed by atoms with E-state index in [1.807, 2.05) is 0 Å². The maximum Gasteiger partial charge on any atom is 0.133 e. The van der Waals surface area contributed by atoms with Crippen molar-refractivity contribution >= 4 is 5.78 Å². The number of hydrogen-bond acceptors (Lipinski definition) is 1. The number of unbranched alkanes of at least 4 members (excludes halogenated alkanes) is 4. The van der Waals surface area contributed by atoms with Crippen molar-refractivity contribution in [3.8, 4) is 0 Å². The van der Waals surface area contributed by atoms with Gasteiger partial charge in [-0.3, -0.25) is 4.79 Å². The molecular formula is C14H26O. The Morgan fingerprint density at radius 1 is 1.13 bits per heavy atom. The zero-order valence-corrected chi connectivity index (χ0v) is 10.3. The standard InChI is InChI=1S/C14H26O/c1-2-3-4-5-6-9-13-10-7-8-11-14(15)12-13/h13H,2-12H2,1H3. The van der Waals surface area contributed by atoms with Crippen LogP contribution in [0, 0.1) is 5.92 Å². The lowest BCUT2D eigenvalue weighted by molar-refractivity contribution is -0.119. The van der Waals surface area contributed by atoms with Gasteiger partial charge in [0.1, 0.15) is 5.78 Å². The molecule has 0 aromatic rings. The van der Waals surface area contributed by atoms with E-state index in [1.165, 1.54) is 51.4 Å². The minimum Gasteiger partial charge on any atom is -0.300 e. The van der Waals surface area contributed by atoms with Crippen LogP contribution in [-0.2, 0) is 4.79 Å². The zero-order valence-electron chi connectivity index (χ0n) is 10.3. The summed E-state index contributed by atoms with van der Waals surface area (Å²) in [5.74, 6) is 1.24. The van der Waals surface area contributed by atoms with Crippen LogP contribution in [0.15, 0.2) is 0 Å². The van der Waals surface area contributed by atoms with Crippen molar-refractivity contribution in [1.29, 1.82) is 0 Å². The molecule has 88 valence electrons. The molecule has 1 fully saturated rings. The number of hydrogen-bond donors (Lipinski definition) is 0. The molecule has 1 atom stereocenters. The summed E-state index contributed by atoms with van der Waals surface area (Å²) in [6.07, 6.45) is 13.6. The van der Waals surface area contributed by atoms with E-state index in [0.717, 1.165) is 25.2 Å². The summed E-state index contributed by atoms with van der Waals surface area (Å²) in [5, 5.41) is 0. The Balaban J connectivity index is 2.06. The summed E-state index contributed by atoms with van der Waals surface area (Å²) in [7, 11) is 0. The Bertz CT molecular complexity index is 174. The fraction of sp³-hybridized carbons (Fsp3) is 0.929. The molecular weight excluding hydrogens is 184 g/mol. The first-order valence-electron chi connectivity index (χ1n) is 6.84. The van der Waals surface area contributed by atoms with Gasteiger partial charge < -0.3 is 0 Å². The first-order chi connectivity index (χ1) is 7.33. The number of carbonyl (C=O) groups is 1. The van der Waals surface area contributed by atoms with Crippen molar-refractivity contribution in [1.82, 2.24) is 0 Å². The largest absolute Gasteiger partial charge is 0.300 e. The highest BCUT2D eigenvalue weighted by molar-refractivity contribution is 5.78. The van der Waals surface area contributed by atoms with Gasteiger partial charge in [-0.15, -0.1) is 0 Å². The van der Waals surface area contributed by atoms with Gasteiger partial charge in [-0.1, -0.05) is 58.3 Å². The predicted molar refractivity (Wildman–Crippen MR) is 65.0 cm³/mol. The predicted octanol–water partition coefficient (Wildman–Crippen LogP) is 4.50. The smallest absolute Gasteiger partial charge is 0.133 e. The monoisotopic (exact) mass is 210 g/mol. The lowest BCUT2D eigenvalue weighted by atomic mass is 9.93. The molecule has 1 nitrogen and oxygen atoms in total. The Morgan fingerprint density at radius 3 is 2.73 bits per heavy atom. The van der Waals surface area contributed by atoms with Gasteiger partial charge >= 0.3 is 0 Å². The van der Waals surface area contributed by atoms with Crippen LogP contribution in [0.3, 0.4) is 0 Å². The maximum atomic E-state index is 11.4. The molecule has 0 amide bonds. The number of Topliss-reactive ketones (excluding diaryl/α,β-unsaturated/α-hetero) is 1. The average molecular weight is 210 g/mol. The summed E-state index contributed by atoms with van der Waals surface area (Å²) < 4.78 is 0. The Morgan fingerprint density at radius 2 is 1.93 bits per heavy atom. The molecule has 15 heavy (non-hydrogen) atoms. The summed E-state index contributed by atoms with van der Waals surface area (Å²) >= 11 is 0. The van der Waals surface area contributed by atoms with Gasteiger partial charge in [0, 0.05) is 12.8 Å². The topological polar surface area (TPSA) is 17.1 Å². The Labute approximate surface area is 94.6 Å². The number of carbonyl (C=O) groups excluding carboxylic acids is 1. The van der Waals surface area contributed by atoms with Crippen LogP contribution in [0.2, 0.25) is 0 Å². The SMILES string of the molecule is CCCCCCCC1CCCCC(=O)C1. The highest BCUT2D eigenvalue weighted by atomic mass is 16.1. The molecule has 0 heterocycles. The lowest BCUT2D eigenvalue weighted by Gasteiger charge is -2.12. The van der Waals surface area contributed by atoms with Gasteiger partial charge in [-0.25, -0.2) is 0 Å². The van der Waals surface area contributed by atoms with E-state index < -0.39 is 0 Å². The van der Waals surface area contributed by atoms with Crippen LogP contribution in [0.25, 0.3) is 0 Å². The molecule has 1 unspecified atom stereocenters. The van der Waals surface area contributed by atoms with Gasteiger partial charge in [-0.2, -0.15) is 0 Å². The molecule has 0 aromatic carbocycles. The van der Waals surface area contributed by atoms with Gasteiger partial charge in [0.25, 0.3) is 0 Å². The second-order valence-electron chi connectivity index (χ2n) is 5.06. The van der Waals surface area contributed by atoms with Gasteiger partial charge in [0.15, 0.2) is 0 Å². The molecule has 0 saturated heterocycles. The summed E-state index contributed by atoms with van der Waals surface area (Å²) in [4.78, 5) is 11.4. The maximum absolute atomic E-state index is 11.4. The third kappa shape index (κ3) is 5.96. The fourth-order valence-corrected chi connectivity index (χ4v) is 2.56. The van der Waals surface area contributed by atoms with Crippen molar-refractivity contribution in [2.45, 2.75) is 77.6 Å². The molecule has 1 aliphatic carbocycles. The number of rotatable bonds is 6. The quantitative estimate of drug-likeness (QED) is 0.466. The molecule has 0 aromatic heterocycles. The molecule has 0 spiro atoms. The second-order valence-corrected chi connectivity index (χ2v) is 5.06. The zero-order chi connectivity index (χ0) is 10.9. The van der Waals surface area contributed by atoms with Gasteiger partial charge in [0.05, 0.1) is 0 Å². The minimum atomic E-state index is 0.519. The van der Waals surface area contributed by atoms with Crippen LogP contribution < -0.4 is 0 Å². The van der Waals surface area contributed by atoms with Crippen molar-refractivity contribution < 1.29 is 4.79 Å². The summed E-state index contributed by atoms with van der Waals surface area (Å²) in [6, 6.07) is 0. The van der Waals surface area contributed by atoms with Crippen molar-refractivity contribution in [3.63, 3.8) is 0 Å². The average Bonchev–Trinajstić information content (AvgIpc) is 2.43. The van der Waals surface area contributed by atoms with Crippen LogP contribution >= 0.6 is 0 Å². The Kier molecular flexibility index (Phi) is 6.71. The molecule has 0 radical (unpaired) electrons. The minimum absolute atomic E-state index is 0.519. The van der Waals surface area contributed by atoms with E-state index in [2.05, 4.69) is 6.92 Å². The molecule has 0 aliphatic heterocycles. The molecule has 0 bridgehead atoms. The van der Waals surface area contributed by atoms with E-state index in [9.17, 15) is 4.79 Å². The molecule has 1 aliphatic rings. The van der Waals surface area contributed by atoms with Gasteiger partial charge in [0.2, 0.25) is 0 Å². The highest BCUT2D eigenvalue weighted by Crippen LogP contribution is 2.25. The van der Waals surface area contributed by atoms with E-state index in [-0.39, 0.29) is 0 Å². The van der Waals surface area contributed by atoms with E-state index in [1.54, 1.807) is 0 Å². The molecule has 1 heteroatoms. The summed E-state index contributed by atoms with van der Waals surface area (Å²) in [5.41, 5.74) is 0. The fourth-order valence-electron chi connectivity index (χ4n) is 2.56. The first-order valence-corrected chi connectivity index (χ1v) is 6.84. The normalized spacial score (nSPS) is 22.7. The summed E-state index contributed by atoms with van der Waals surface area (Å²) in [6.45, 7) is 2.25. The van der Waals surface area contributed by atoms with E-state index >= 15 is 0 Å². The van der Waals surface area contributed by atoms with E-state index in [0.29, 0.717) is 5.78 Å². The van der Waals surface area contributed by atoms with Crippen LogP contribution in [0.4, 0.5) is 0 Å². The third-order valence-corrected chi connectivity index (χ3v) is 3.55. The van der Waals surface area contributed by atoms with Crippen LogP contribution in [0.1, 0.15) is 77.6 Å². The number of ketones is 1. The van der Waals surface area contributed by atoms with Crippen molar-refractivity contribution in [3.05, 3.63) is 0 Å². The highest BCUT2D eigenvalue weighted by Gasteiger charge is 2.16. The van der Waals surface area contributed by atoms with E-state index in [4.69, 9.17) is 0 Å². The third-order valence-electron chi connectivity index (χ3n) is 3.55. The second kappa shape index (κ2) is 7.90. The molecule has 1 saturated carbocycles. The van der Waals surface area contributed by atoms with Crippen LogP contribution in [0.5, 0.6) is 0 Å². The lowest BCUT2D eigenvalue weighted by Crippen LogP contribution is -2.04. The Hall–Kier alpha value is -0.330. The molecule has 1 rings (SSSR count).